The SMILES string of the molecule is CCN(Cc1ccccc1)C(=O)c1cnc(Nc2cc(Cl)ccc2C)nc1. The summed E-state index contributed by atoms with van der Waals surface area (Å²) >= 11 is 6.04. The summed E-state index contributed by atoms with van der Waals surface area (Å²) in [6.45, 7) is 5.09. The van der Waals surface area contributed by atoms with E-state index in [-0.39, 0.29) is 5.91 Å². The van der Waals surface area contributed by atoms with Crippen molar-refractivity contribution in [3.05, 3.63) is 82.6 Å². The highest BCUT2D eigenvalue weighted by Gasteiger charge is 2.15. The molecule has 3 rings (SSSR count). The molecule has 0 fully saturated rings. The minimum absolute atomic E-state index is 0.0909. The molecule has 0 bridgehead atoms. The largest absolute Gasteiger partial charge is 0.335 e. The van der Waals surface area contributed by atoms with Gasteiger partial charge in [-0.1, -0.05) is 48.0 Å². The molecule has 0 unspecified atom stereocenters. The molecule has 27 heavy (non-hydrogen) atoms. The molecule has 0 aliphatic rings. The van der Waals surface area contributed by atoms with Crippen molar-refractivity contribution in [3.63, 3.8) is 0 Å². The third-order valence-electron chi connectivity index (χ3n) is 4.23. The van der Waals surface area contributed by atoms with Crippen molar-refractivity contribution < 1.29 is 4.79 Å². The lowest BCUT2D eigenvalue weighted by atomic mass is 10.2. The van der Waals surface area contributed by atoms with Gasteiger partial charge in [-0.05, 0) is 37.1 Å². The minimum atomic E-state index is -0.0909. The maximum absolute atomic E-state index is 12.8. The minimum Gasteiger partial charge on any atom is -0.335 e. The number of hydrogen-bond donors (Lipinski definition) is 1. The number of rotatable bonds is 6. The Bertz CT molecular complexity index is 913. The van der Waals surface area contributed by atoms with E-state index in [0.717, 1.165) is 16.8 Å². The summed E-state index contributed by atoms with van der Waals surface area (Å²) in [5.41, 5.74) is 3.41. The van der Waals surface area contributed by atoms with Crippen LogP contribution in [0, 0.1) is 6.92 Å². The highest BCUT2D eigenvalue weighted by atomic mass is 35.5. The number of amides is 1. The van der Waals surface area contributed by atoms with E-state index in [1.807, 2.05) is 62.4 Å². The average molecular weight is 381 g/mol. The Morgan fingerprint density at radius 3 is 2.48 bits per heavy atom. The first kappa shape index (κ1) is 18.9. The van der Waals surface area contributed by atoms with E-state index < -0.39 is 0 Å². The van der Waals surface area contributed by atoms with Crippen LogP contribution in [0.1, 0.15) is 28.4 Å². The van der Waals surface area contributed by atoms with E-state index in [1.165, 1.54) is 0 Å². The third-order valence-corrected chi connectivity index (χ3v) is 4.47. The first-order valence-corrected chi connectivity index (χ1v) is 9.13. The number of nitrogens with one attached hydrogen (secondary N) is 1. The van der Waals surface area contributed by atoms with E-state index in [0.29, 0.717) is 29.6 Å². The van der Waals surface area contributed by atoms with Gasteiger partial charge in [0, 0.05) is 36.2 Å². The number of carbonyl (C=O) groups excluding carboxylic acids is 1. The molecule has 1 amide bonds. The number of halogens is 1. The van der Waals surface area contributed by atoms with Crippen LogP contribution in [0.25, 0.3) is 0 Å². The molecular weight excluding hydrogens is 360 g/mol. The molecule has 138 valence electrons. The molecule has 0 atom stereocenters. The van der Waals surface area contributed by atoms with Crippen LogP contribution in [-0.4, -0.2) is 27.3 Å². The maximum Gasteiger partial charge on any atom is 0.257 e. The average Bonchev–Trinajstić information content (AvgIpc) is 2.70. The predicted molar refractivity (Wildman–Crippen MR) is 108 cm³/mol. The zero-order valence-corrected chi connectivity index (χ0v) is 16.1. The summed E-state index contributed by atoms with van der Waals surface area (Å²) in [5, 5.41) is 3.76. The molecule has 0 radical (unpaired) electrons. The van der Waals surface area contributed by atoms with Gasteiger partial charge in [0.15, 0.2) is 0 Å². The van der Waals surface area contributed by atoms with Crippen LogP contribution >= 0.6 is 11.6 Å². The molecule has 3 aromatic rings. The van der Waals surface area contributed by atoms with Gasteiger partial charge in [-0.2, -0.15) is 0 Å². The molecule has 6 heteroatoms. The maximum atomic E-state index is 12.8. The zero-order chi connectivity index (χ0) is 19.2. The molecule has 0 aliphatic carbocycles. The second kappa shape index (κ2) is 8.64. The van der Waals surface area contributed by atoms with E-state index in [4.69, 9.17) is 11.6 Å². The van der Waals surface area contributed by atoms with Crippen LogP contribution in [0.3, 0.4) is 0 Å². The van der Waals surface area contributed by atoms with Gasteiger partial charge in [-0.25, -0.2) is 9.97 Å². The number of carbonyl (C=O) groups is 1. The fourth-order valence-electron chi connectivity index (χ4n) is 2.67. The molecule has 5 nitrogen and oxygen atoms in total. The highest BCUT2D eigenvalue weighted by molar-refractivity contribution is 6.30. The molecule has 0 aliphatic heterocycles. The van der Waals surface area contributed by atoms with Crippen LogP contribution in [0.4, 0.5) is 11.6 Å². The van der Waals surface area contributed by atoms with Gasteiger partial charge in [0.1, 0.15) is 0 Å². The molecule has 1 N–H and O–H groups in total. The Labute approximate surface area is 164 Å². The molecule has 1 aromatic heterocycles. The van der Waals surface area contributed by atoms with Crippen LogP contribution in [0.15, 0.2) is 60.9 Å². The summed E-state index contributed by atoms with van der Waals surface area (Å²) in [6, 6.07) is 15.5. The van der Waals surface area contributed by atoms with Crippen LogP contribution in [0.2, 0.25) is 5.02 Å². The lowest BCUT2D eigenvalue weighted by molar-refractivity contribution is 0.0752. The molecular formula is C21H21ClN4O. The highest BCUT2D eigenvalue weighted by Crippen LogP contribution is 2.22. The summed E-state index contributed by atoms with van der Waals surface area (Å²) in [5.74, 6) is 0.329. The lowest BCUT2D eigenvalue weighted by Gasteiger charge is -2.21. The van der Waals surface area contributed by atoms with Gasteiger partial charge in [-0.15, -0.1) is 0 Å². The fraction of sp³-hybridized carbons (Fsp3) is 0.190. The molecule has 1 heterocycles. The second-order valence-corrected chi connectivity index (χ2v) is 6.62. The van der Waals surface area contributed by atoms with E-state index >= 15 is 0 Å². The van der Waals surface area contributed by atoms with Crippen LogP contribution in [-0.2, 0) is 6.54 Å². The Morgan fingerprint density at radius 1 is 1.11 bits per heavy atom. The quantitative estimate of drug-likeness (QED) is 0.664. The summed E-state index contributed by atoms with van der Waals surface area (Å²) in [4.78, 5) is 23.1. The summed E-state index contributed by atoms with van der Waals surface area (Å²) in [6.07, 6.45) is 3.09. The number of hydrogen-bond acceptors (Lipinski definition) is 4. The van der Waals surface area contributed by atoms with Crippen molar-refractivity contribution in [2.45, 2.75) is 20.4 Å². The van der Waals surface area contributed by atoms with Crippen LogP contribution in [0.5, 0.6) is 0 Å². The van der Waals surface area contributed by atoms with Crippen molar-refractivity contribution >= 4 is 29.1 Å². The first-order chi connectivity index (χ1) is 13.1. The normalized spacial score (nSPS) is 10.5. The standard InChI is InChI=1S/C21H21ClN4O/c1-3-26(14-16-7-5-4-6-8-16)20(27)17-12-23-21(24-13-17)25-19-11-18(22)10-9-15(19)2/h4-13H,3,14H2,1-2H3,(H,23,24,25). The smallest absolute Gasteiger partial charge is 0.257 e. The lowest BCUT2D eigenvalue weighted by Crippen LogP contribution is -2.30. The monoisotopic (exact) mass is 380 g/mol. The van der Waals surface area contributed by atoms with Crippen molar-refractivity contribution in [1.82, 2.24) is 14.9 Å². The van der Waals surface area contributed by atoms with Gasteiger partial charge in [0.25, 0.3) is 5.91 Å². The number of aryl methyl sites for hydroxylation is 1. The molecule has 0 saturated carbocycles. The molecule has 2 aromatic carbocycles. The van der Waals surface area contributed by atoms with E-state index in [1.54, 1.807) is 17.3 Å². The third kappa shape index (κ3) is 4.83. The number of nitrogens with zero attached hydrogens (tertiary/aromatic N) is 3. The Kier molecular flexibility index (Phi) is 6.04. The van der Waals surface area contributed by atoms with Gasteiger partial charge in [0.05, 0.1) is 5.56 Å². The topological polar surface area (TPSA) is 58.1 Å². The van der Waals surface area contributed by atoms with Crippen molar-refractivity contribution in [2.24, 2.45) is 0 Å². The van der Waals surface area contributed by atoms with Crippen molar-refractivity contribution in [3.8, 4) is 0 Å². The summed E-state index contributed by atoms with van der Waals surface area (Å²) < 4.78 is 0. The Balaban J connectivity index is 1.71. The molecule has 0 saturated heterocycles. The van der Waals surface area contributed by atoms with Gasteiger partial charge >= 0.3 is 0 Å². The number of benzene rings is 2. The van der Waals surface area contributed by atoms with Crippen molar-refractivity contribution in [1.29, 1.82) is 0 Å². The Morgan fingerprint density at radius 2 is 1.81 bits per heavy atom. The zero-order valence-electron chi connectivity index (χ0n) is 15.3. The number of aromatic nitrogens is 2. The number of anilines is 2. The summed E-state index contributed by atoms with van der Waals surface area (Å²) in [7, 11) is 0. The second-order valence-electron chi connectivity index (χ2n) is 6.18. The Hall–Kier alpha value is -2.92. The van der Waals surface area contributed by atoms with Crippen LogP contribution < -0.4 is 5.32 Å². The molecule has 0 spiro atoms. The van der Waals surface area contributed by atoms with Gasteiger partial charge < -0.3 is 10.2 Å². The van der Waals surface area contributed by atoms with Crippen molar-refractivity contribution in [2.75, 3.05) is 11.9 Å². The fourth-order valence-corrected chi connectivity index (χ4v) is 2.84. The van der Waals surface area contributed by atoms with Gasteiger partial charge in [-0.3, -0.25) is 4.79 Å². The predicted octanol–water partition coefficient (Wildman–Crippen LogP) is 4.84. The van der Waals surface area contributed by atoms with E-state index in [2.05, 4.69) is 15.3 Å². The first-order valence-electron chi connectivity index (χ1n) is 8.75. The van der Waals surface area contributed by atoms with Gasteiger partial charge in [0.2, 0.25) is 5.95 Å². The van der Waals surface area contributed by atoms with E-state index in [9.17, 15) is 4.79 Å².